The van der Waals surface area contributed by atoms with Gasteiger partial charge in [-0.25, -0.2) is 0 Å². The van der Waals surface area contributed by atoms with Gasteiger partial charge in [-0.05, 0) is 62.5 Å². The molecular formula is C13H20N2. The van der Waals surface area contributed by atoms with Gasteiger partial charge in [-0.1, -0.05) is 6.07 Å². The van der Waals surface area contributed by atoms with E-state index in [1.807, 2.05) is 6.07 Å². The van der Waals surface area contributed by atoms with Crippen LogP contribution in [0, 0.1) is 6.92 Å². The Bertz CT molecular complexity index is 346. The van der Waals surface area contributed by atoms with Gasteiger partial charge in [0.2, 0.25) is 0 Å². The number of nitrogens with zero attached hydrogens (tertiary/aromatic N) is 1. The van der Waals surface area contributed by atoms with Crippen molar-refractivity contribution in [3.8, 4) is 0 Å². The molecule has 0 aliphatic carbocycles. The zero-order chi connectivity index (χ0) is 10.8. The first-order valence-electron chi connectivity index (χ1n) is 5.71. The molecular weight excluding hydrogens is 184 g/mol. The van der Waals surface area contributed by atoms with E-state index >= 15 is 0 Å². The lowest BCUT2D eigenvalue weighted by Crippen LogP contribution is -2.31. The molecule has 0 radical (unpaired) electrons. The van der Waals surface area contributed by atoms with Crippen molar-refractivity contribution in [1.29, 1.82) is 0 Å². The summed E-state index contributed by atoms with van der Waals surface area (Å²) in [4.78, 5) is 2.42. The quantitative estimate of drug-likeness (QED) is 0.712. The Morgan fingerprint density at radius 1 is 1.40 bits per heavy atom. The molecule has 1 aliphatic heterocycles. The van der Waals surface area contributed by atoms with Crippen molar-refractivity contribution in [1.82, 2.24) is 4.90 Å². The lowest BCUT2D eigenvalue weighted by Gasteiger charge is -2.30. The highest BCUT2D eigenvalue weighted by molar-refractivity contribution is 5.45. The zero-order valence-electron chi connectivity index (χ0n) is 9.66. The molecule has 82 valence electrons. The molecule has 0 spiro atoms. The van der Waals surface area contributed by atoms with Gasteiger partial charge in [0.05, 0.1) is 0 Å². The van der Waals surface area contributed by atoms with Crippen LogP contribution in [0.25, 0.3) is 0 Å². The molecule has 1 aromatic carbocycles. The summed E-state index contributed by atoms with van der Waals surface area (Å²) in [5.74, 6) is 0.698. The third-order valence-corrected chi connectivity index (χ3v) is 3.36. The first-order valence-corrected chi connectivity index (χ1v) is 5.71. The summed E-state index contributed by atoms with van der Waals surface area (Å²) >= 11 is 0. The Morgan fingerprint density at radius 2 is 2.20 bits per heavy atom. The first-order chi connectivity index (χ1) is 7.16. The first kappa shape index (κ1) is 10.5. The minimum atomic E-state index is 0.698. The predicted octanol–water partition coefficient (Wildman–Crippen LogP) is 2.39. The third-order valence-electron chi connectivity index (χ3n) is 3.36. The number of anilines is 1. The molecule has 2 rings (SSSR count). The minimum Gasteiger partial charge on any atom is -0.399 e. The van der Waals surface area contributed by atoms with Crippen LogP contribution >= 0.6 is 0 Å². The molecule has 0 saturated carbocycles. The minimum absolute atomic E-state index is 0.698. The molecule has 15 heavy (non-hydrogen) atoms. The van der Waals surface area contributed by atoms with E-state index in [4.69, 9.17) is 5.73 Å². The second kappa shape index (κ2) is 4.23. The fourth-order valence-electron chi connectivity index (χ4n) is 2.58. The number of rotatable bonds is 1. The van der Waals surface area contributed by atoms with E-state index in [0.717, 1.165) is 5.69 Å². The van der Waals surface area contributed by atoms with Crippen LogP contribution < -0.4 is 5.73 Å². The van der Waals surface area contributed by atoms with Crippen LogP contribution in [0.3, 0.4) is 0 Å². The molecule has 1 atom stereocenters. The van der Waals surface area contributed by atoms with Gasteiger partial charge < -0.3 is 10.6 Å². The number of piperidine rings is 1. The number of likely N-dealkylation sites (tertiary alicyclic amines) is 1. The topological polar surface area (TPSA) is 29.3 Å². The van der Waals surface area contributed by atoms with E-state index in [9.17, 15) is 0 Å². The van der Waals surface area contributed by atoms with E-state index in [-0.39, 0.29) is 0 Å². The summed E-state index contributed by atoms with van der Waals surface area (Å²) in [5.41, 5.74) is 9.47. The van der Waals surface area contributed by atoms with Gasteiger partial charge in [-0.3, -0.25) is 0 Å². The summed E-state index contributed by atoms with van der Waals surface area (Å²) in [6.45, 7) is 4.59. The Morgan fingerprint density at radius 3 is 2.87 bits per heavy atom. The second-order valence-electron chi connectivity index (χ2n) is 4.72. The summed E-state index contributed by atoms with van der Waals surface area (Å²) in [7, 11) is 2.21. The van der Waals surface area contributed by atoms with Crippen molar-refractivity contribution in [3.63, 3.8) is 0 Å². The molecule has 1 aromatic rings. The number of hydrogen-bond donors (Lipinski definition) is 1. The van der Waals surface area contributed by atoms with Crippen molar-refractivity contribution < 1.29 is 0 Å². The van der Waals surface area contributed by atoms with Crippen LogP contribution in [0.2, 0.25) is 0 Å². The monoisotopic (exact) mass is 204 g/mol. The highest BCUT2D eigenvalue weighted by Crippen LogP contribution is 2.29. The van der Waals surface area contributed by atoms with Gasteiger partial charge in [0.25, 0.3) is 0 Å². The van der Waals surface area contributed by atoms with Gasteiger partial charge in [-0.15, -0.1) is 0 Å². The van der Waals surface area contributed by atoms with Gasteiger partial charge in [0.1, 0.15) is 0 Å². The van der Waals surface area contributed by atoms with Crippen molar-refractivity contribution in [2.24, 2.45) is 0 Å². The number of hydrogen-bond acceptors (Lipinski definition) is 2. The Kier molecular flexibility index (Phi) is 2.96. The number of likely N-dealkylation sites (N-methyl/N-ethyl adjacent to an activating group) is 1. The van der Waals surface area contributed by atoms with E-state index in [1.54, 1.807) is 0 Å². The van der Waals surface area contributed by atoms with Crippen LogP contribution in [0.5, 0.6) is 0 Å². The van der Waals surface area contributed by atoms with Crippen LogP contribution in [0.4, 0.5) is 5.69 Å². The maximum Gasteiger partial charge on any atom is 0.0316 e. The predicted molar refractivity (Wildman–Crippen MR) is 65.1 cm³/mol. The maximum atomic E-state index is 5.77. The number of aryl methyl sites for hydroxylation is 1. The number of nitrogens with two attached hydrogens (primary N) is 1. The summed E-state index contributed by atoms with van der Waals surface area (Å²) in [6.07, 6.45) is 2.63. The molecule has 1 aliphatic rings. The molecule has 2 heteroatoms. The van der Waals surface area contributed by atoms with E-state index in [0.29, 0.717) is 5.92 Å². The van der Waals surface area contributed by atoms with Gasteiger partial charge >= 0.3 is 0 Å². The molecule has 0 bridgehead atoms. The molecule has 1 unspecified atom stereocenters. The van der Waals surface area contributed by atoms with E-state index in [1.165, 1.54) is 37.1 Å². The number of nitrogen functional groups attached to an aromatic ring is 1. The lowest BCUT2D eigenvalue weighted by molar-refractivity contribution is 0.250. The van der Waals surface area contributed by atoms with Gasteiger partial charge in [0, 0.05) is 12.2 Å². The van der Waals surface area contributed by atoms with Gasteiger partial charge in [-0.2, -0.15) is 0 Å². The fourth-order valence-corrected chi connectivity index (χ4v) is 2.58. The summed E-state index contributed by atoms with van der Waals surface area (Å²) < 4.78 is 0. The van der Waals surface area contributed by atoms with Crippen molar-refractivity contribution in [2.45, 2.75) is 25.7 Å². The average molecular weight is 204 g/mol. The van der Waals surface area contributed by atoms with Crippen LogP contribution in [-0.2, 0) is 0 Å². The highest BCUT2D eigenvalue weighted by atomic mass is 15.1. The Hall–Kier alpha value is -1.02. The summed E-state index contributed by atoms with van der Waals surface area (Å²) in [5, 5.41) is 0. The van der Waals surface area contributed by atoms with Crippen LogP contribution in [-0.4, -0.2) is 25.0 Å². The smallest absolute Gasteiger partial charge is 0.0316 e. The van der Waals surface area contributed by atoms with Gasteiger partial charge in [0.15, 0.2) is 0 Å². The van der Waals surface area contributed by atoms with Crippen LogP contribution in [0.1, 0.15) is 29.9 Å². The molecule has 1 saturated heterocycles. The summed E-state index contributed by atoms with van der Waals surface area (Å²) in [6, 6.07) is 6.31. The largest absolute Gasteiger partial charge is 0.399 e. The highest BCUT2D eigenvalue weighted by Gasteiger charge is 2.19. The molecule has 1 heterocycles. The Balaban J connectivity index is 2.21. The fraction of sp³-hybridized carbons (Fsp3) is 0.538. The van der Waals surface area contributed by atoms with Crippen molar-refractivity contribution in [2.75, 3.05) is 25.9 Å². The molecule has 0 amide bonds. The van der Waals surface area contributed by atoms with Crippen molar-refractivity contribution >= 4 is 5.69 Å². The van der Waals surface area contributed by atoms with E-state index in [2.05, 4.69) is 31.0 Å². The normalized spacial score (nSPS) is 22.9. The maximum absolute atomic E-state index is 5.77. The van der Waals surface area contributed by atoms with Crippen LogP contribution in [0.15, 0.2) is 18.2 Å². The Labute approximate surface area is 92.1 Å². The zero-order valence-corrected chi connectivity index (χ0v) is 9.66. The van der Waals surface area contributed by atoms with E-state index < -0.39 is 0 Å². The molecule has 2 N–H and O–H groups in total. The number of benzene rings is 1. The molecule has 1 fully saturated rings. The molecule has 2 nitrogen and oxygen atoms in total. The molecule has 0 aromatic heterocycles. The third kappa shape index (κ3) is 2.32. The SMILES string of the molecule is Cc1cc(N)ccc1C1CCCN(C)C1. The standard InChI is InChI=1S/C13H20N2/c1-10-8-12(14)5-6-13(10)11-4-3-7-15(2)9-11/h5-6,8,11H,3-4,7,9,14H2,1-2H3. The second-order valence-corrected chi connectivity index (χ2v) is 4.72. The lowest BCUT2D eigenvalue weighted by atomic mass is 9.88. The van der Waals surface area contributed by atoms with Crippen molar-refractivity contribution in [3.05, 3.63) is 29.3 Å². The average Bonchev–Trinajstić information content (AvgIpc) is 2.17.